The van der Waals surface area contributed by atoms with E-state index in [0.717, 1.165) is 63.7 Å². The van der Waals surface area contributed by atoms with Crippen LogP contribution in [0.25, 0.3) is 0 Å². The van der Waals surface area contributed by atoms with Crippen LogP contribution in [0.3, 0.4) is 0 Å². The highest BCUT2D eigenvalue weighted by molar-refractivity contribution is 5.71. The molecule has 0 aliphatic carbocycles. The van der Waals surface area contributed by atoms with Gasteiger partial charge in [0.2, 0.25) is 0 Å². The average molecular weight is 695 g/mol. The highest BCUT2D eigenvalue weighted by Crippen LogP contribution is 2.16. The van der Waals surface area contributed by atoms with Gasteiger partial charge in [-0.15, -0.1) is 0 Å². The lowest BCUT2D eigenvalue weighted by molar-refractivity contribution is -0.167. The molecule has 0 aromatic carbocycles. The molecule has 290 valence electrons. The van der Waals surface area contributed by atoms with E-state index in [1.54, 1.807) is 0 Å². The minimum Gasteiger partial charge on any atom is -0.462 e. The van der Waals surface area contributed by atoms with Crippen LogP contribution < -0.4 is 0 Å². The molecule has 0 aliphatic heterocycles. The van der Waals surface area contributed by atoms with Crippen LogP contribution >= 0.6 is 0 Å². The Bertz CT molecular complexity index is 736. The van der Waals surface area contributed by atoms with Crippen LogP contribution in [0.1, 0.15) is 233 Å². The van der Waals surface area contributed by atoms with Crippen LogP contribution in [0.4, 0.5) is 0 Å². The van der Waals surface area contributed by atoms with Gasteiger partial charge in [0.25, 0.3) is 0 Å². The average Bonchev–Trinajstić information content (AvgIpc) is 3.08. The zero-order chi connectivity index (χ0) is 36.0. The number of unbranched alkanes of at least 4 members (excludes halogenated alkanes) is 25. The highest BCUT2D eigenvalue weighted by Gasteiger charge is 2.19. The molecule has 0 saturated carbocycles. The molecule has 0 aliphatic rings. The molecule has 0 unspecified atom stereocenters. The van der Waals surface area contributed by atoms with Crippen LogP contribution in [0, 0.1) is 5.92 Å². The predicted octanol–water partition coefficient (Wildman–Crippen LogP) is 13.2. The van der Waals surface area contributed by atoms with Gasteiger partial charge in [0.1, 0.15) is 13.2 Å². The zero-order valence-corrected chi connectivity index (χ0v) is 33.1. The Morgan fingerprint density at radius 1 is 0.388 bits per heavy atom. The van der Waals surface area contributed by atoms with Gasteiger partial charge in [-0.3, -0.25) is 14.4 Å². The molecule has 0 saturated heterocycles. The van der Waals surface area contributed by atoms with Crippen molar-refractivity contribution in [1.82, 2.24) is 0 Å². The second-order valence-corrected chi connectivity index (χ2v) is 15.1. The Morgan fingerprint density at radius 3 is 1.00 bits per heavy atom. The summed E-state index contributed by atoms with van der Waals surface area (Å²) in [5.74, 6) is -0.0346. The monoisotopic (exact) mass is 695 g/mol. The van der Waals surface area contributed by atoms with Gasteiger partial charge in [0.15, 0.2) is 6.10 Å². The summed E-state index contributed by atoms with van der Waals surface area (Å²) in [6.45, 7) is 8.93. The minimum absolute atomic E-state index is 0.0648. The van der Waals surface area contributed by atoms with E-state index in [0.29, 0.717) is 19.3 Å². The lowest BCUT2D eigenvalue weighted by atomic mass is 10.0. The zero-order valence-electron chi connectivity index (χ0n) is 33.1. The largest absolute Gasteiger partial charge is 0.462 e. The van der Waals surface area contributed by atoms with E-state index < -0.39 is 6.10 Å². The quantitative estimate of drug-likeness (QED) is 0.0364. The molecule has 0 heterocycles. The molecule has 0 aromatic rings. The summed E-state index contributed by atoms with van der Waals surface area (Å²) in [4.78, 5) is 37.4. The van der Waals surface area contributed by atoms with Crippen molar-refractivity contribution >= 4 is 17.9 Å². The Balaban J connectivity index is 4.26. The lowest BCUT2D eigenvalue weighted by Gasteiger charge is -2.18. The fraction of sp³-hybridized carbons (Fsp3) is 0.930. The fourth-order valence-corrected chi connectivity index (χ4v) is 6.27. The maximum Gasteiger partial charge on any atom is 0.306 e. The van der Waals surface area contributed by atoms with E-state index in [1.807, 2.05) is 0 Å². The maximum absolute atomic E-state index is 12.6. The number of esters is 3. The van der Waals surface area contributed by atoms with E-state index in [2.05, 4.69) is 27.7 Å². The third kappa shape index (κ3) is 37.5. The summed E-state index contributed by atoms with van der Waals surface area (Å²) in [6, 6.07) is 0. The van der Waals surface area contributed by atoms with Crippen molar-refractivity contribution in [2.24, 2.45) is 5.92 Å². The van der Waals surface area contributed by atoms with Crippen LogP contribution in [0.5, 0.6) is 0 Å². The molecule has 49 heavy (non-hydrogen) atoms. The molecular weight excluding hydrogens is 612 g/mol. The second-order valence-electron chi connectivity index (χ2n) is 15.1. The molecule has 6 nitrogen and oxygen atoms in total. The van der Waals surface area contributed by atoms with Gasteiger partial charge in [-0.25, -0.2) is 0 Å². The minimum atomic E-state index is -0.757. The lowest BCUT2D eigenvalue weighted by Crippen LogP contribution is -2.30. The Labute approximate surface area is 304 Å². The topological polar surface area (TPSA) is 78.9 Å². The summed E-state index contributed by atoms with van der Waals surface area (Å²) in [7, 11) is 0. The van der Waals surface area contributed by atoms with Gasteiger partial charge >= 0.3 is 17.9 Å². The van der Waals surface area contributed by atoms with Crippen molar-refractivity contribution in [1.29, 1.82) is 0 Å². The first-order valence-electron chi connectivity index (χ1n) is 21.4. The summed E-state index contributed by atoms with van der Waals surface area (Å²) in [5, 5.41) is 0. The van der Waals surface area contributed by atoms with Crippen LogP contribution in [-0.2, 0) is 28.6 Å². The third-order valence-electron chi connectivity index (χ3n) is 9.54. The fourth-order valence-electron chi connectivity index (χ4n) is 6.27. The van der Waals surface area contributed by atoms with Crippen molar-refractivity contribution in [3.05, 3.63) is 0 Å². The smallest absolute Gasteiger partial charge is 0.306 e. The third-order valence-corrected chi connectivity index (χ3v) is 9.54. The van der Waals surface area contributed by atoms with Gasteiger partial charge in [0, 0.05) is 19.3 Å². The Morgan fingerprint density at radius 2 is 0.673 bits per heavy atom. The van der Waals surface area contributed by atoms with E-state index in [9.17, 15) is 14.4 Å². The van der Waals surface area contributed by atoms with E-state index in [-0.39, 0.29) is 31.1 Å². The molecule has 1 atom stereocenters. The molecule has 0 rings (SSSR count). The molecule has 0 amide bonds. The van der Waals surface area contributed by atoms with Gasteiger partial charge < -0.3 is 14.2 Å². The summed E-state index contributed by atoms with van der Waals surface area (Å²) in [5.41, 5.74) is 0. The molecule has 0 bridgehead atoms. The normalized spacial score (nSPS) is 11.9. The van der Waals surface area contributed by atoms with E-state index in [1.165, 1.54) is 128 Å². The first-order chi connectivity index (χ1) is 23.9. The molecular formula is C43H82O6. The number of rotatable bonds is 38. The first-order valence-corrected chi connectivity index (χ1v) is 21.4. The Hall–Kier alpha value is -1.59. The van der Waals surface area contributed by atoms with Crippen molar-refractivity contribution in [2.45, 2.75) is 239 Å². The molecule has 0 radical (unpaired) electrons. The number of ether oxygens (including phenoxy) is 3. The highest BCUT2D eigenvalue weighted by atomic mass is 16.6. The molecule has 0 N–H and O–H groups in total. The van der Waals surface area contributed by atoms with Crippen LogP contribution in [0.15, 0.2) is 0 Å². The predicted molar refractivity (Wildman–Crippen MR) is 206 cm³/mol. The second kappa shape index (κ2) is 37.7. The van der Waals surface area contributed by atoms with Gasteiger partial charge in [-0.05, 0) is 25.2 Å². The van der Waals surface area contributed by atoms with E-state index >= 15 is 0 Å². The molecule has 0 aromatic heterocycles. The van der Waals surface area contributed by atoms with Gasteiger partial charge in [-0.1, -0.05) is 195 Å². The SMILES string of the molecule is CCCCCCCCCCCC(=O)OC[C@@H](COC(=O)CCCCCCCCC)OC(=O)CCCCCCCCCCCCCCC(C)C. The number of hydrogen-bond donors (Lipinski definition) is 0. The van der Waals surface area contributed by atoms with Crippen molar-refractivity contribution < 1.29 is 28.6 Å². The van der Waals surface area contributed by atoms with Crippen molar-refractivity contribution in [3.63, 3.8) is 0 Å². The molecule has 0 spiro atoms. The van der Waals surface area contributed by atoms with Crippen molar-refractivity contribution in [2.75, 3.05) is 13.2 Å². The van der Waals surface area contributed by atoms with Crippen LogP contribution in [0.2, 0.25) is 0 Å². The Kier molecular flexibility index (Phi) is 36.4. The summed E-state index contributed by atoms with van der Waals surface area (Å²) >= 11 is 0. The number of hydrogen-bond acceptors (Lipinski definition) is 6. The van der Waals surface area contributed by atoms with Gasteiger partial charge in [0.05, 0.1) is 0 Å². The number of carbonyl (C=O) groups is 3. The molecule has 6 heteroatoms. The summed E-state index contributed by atoms with van der Waals surface area (Å²) in [6.07, 6.45) is 35.3. The first kappa shape index (κ1) is 47.4. The number of carbonyl (C=O) groups excluding carboxylic acids is 3. The van der Waals surface area contributed by atoms with Crippen LogP contribution in [-0.4, -0.2) is 37.2 Å². The standard InChI is InChI=1S/C43H82O6/c1-5-7-9-11-13-18-23-27-31-35-42(45)48-38-40(37-47-41(44)34-30-26-21-12-10-8-6-2)49-43(46)36-32-28-24-20-17-15-14-16-19-22-25-29-33-39(3)4/h39-40H,5-38H2,1-4H3/t40-/m1/s1. The maximum atomic E-state index is 12.6. The molecule has 0 fully saturated rings. The van der Waals surface area contributed by atoms with E-state index in [4.69, 9.17) is 14.2 Å². The van der Waals surface area contributed by atoms with Crippen molar-refractivity contribution in [3.8, 4) is 0 Å². The summed E-state index contributed by atoms with van der Waals surface area (Å²) < 4.78 is 16.6. The van der Waals surface area contributed by atoms with Gasteiger partial charge in [-0.2, -0.15) is 0 Å².